The van der Waals surface area contributed by atoms with Gasteiger partial charge in [-0.25, -0.2) is 14.6 Å². The van der Waals surface area contributed by atoms with E-state index in [1.165, 1.54) is 12.8 Å². The van der Waals surface area contributed by atoms with Gasteiger partial charge in [-0.05, 0) is 48.6 Å². The molecule has 6 nitrogen and oxygen atoms in total. The average molecular weight is 517 g/mol. The monoisotopic (exact) mass is 516 g/mol. The maximum atomic E-state index is 6.56. The van der Waals surface area contributed by atoms with Crippen LogP contribution >= 0.6 is 0 Å². The molecule has 0 unspecified atom stereocenters. The third-order valence-corrected chi connectivity index (χ3v) is 7.66. The molecule has 0 saturated carbocycles. The summed E-state index contributed by atoms with van der Waals surface area (Å²) < 4.78 is 11.8. The molecule has 6 heteroatoms. The zero-order valence-electron chi connectivity index (χ0n) is 22.9. The Morgan fingerprint density at radius 2 is 1.23 bits per heavy atom. The lowest BCUT2D eigenvalue weighted by atomic mass is 9.93. The molecule has 0 atom stereocenters. The van der Waals surface area contributed by atoms with Gasteiger partial charge in [-0.2, -0.15) is 0 Å². The molecule has 0 saturated heterocycles. The lowest BCUT2D eigenvalue weighted by Crippen LogP contribution is -2.04. The van der Waals surface area contributed by atoms with E-state index in [-0.39, 0.29) is 0 Å². The highest BCUT2D eigenvalue weighted by Crippen LogP contribution is 2.44. The Morgan fingerprint density at radius 3 is 1.87 bits per heavy atom. The van der Waals surface area contributed by atoms with E-state index in [0.29, 0.717) is 6.61 Å². The van der Waals surface area contributed by atoms with Crippen LogP contribution in [0.2, 0.25) is 0 Å². The fourth-order valence-corrected chi connectivity index (χ4v) is 5.43. The van der Waals surface area contributed by atoms with Crippen LogP contribution < -0.4 is 4.74 Å². The number of nitrogens with zero attached hydrogens (tertiary/aromatic N) is 4. The minimum absolute atomic E-state index is 0.627. The van der Waals surface area contributed by atoms with Gasteiger partial charge in [-0.1, -0.05) is 86.8 Å². The van der Waals surface area contributed by atoms with Crippen LogP contribution in [-0.4, -0.2) is 26.9 Å². The van der Waals surface area contributed by atoms with Crippen LogP contribution in [0.1, 0.15) is 49.3 Å². The summed E-state index contributed by atoms with van der Waals surface area (Å²) in [7, 11) is 0. The molecular formula is C33H32N4O2. The fraction of sp³-hybridized carbons (Fsp3) is 0.273. The van der Waals surface area contributed by atoms with E-state index in [2.05, 4.69) is 55.4 Å². The number of ether oxygens (including phenoxy) is 1. The summed E-state index contributed by atoms with van der Waals surface area (Å²) in [5.41, 5.74) is 9.93. The molecule has 39 heavy (non-hydrogen) atoms. The van der Waals surface area contributed by atoms with Crippen LogP contribution in [0.15, 0.2) is 65.3 Å². The maximum Gasteiger partial charge on any atom is 0.143 e. The molecule has 2 aromatic heterocycles. The zero-order chi connectivity index (χ0) is 26.9. The number of fused-ring (bicyclic) bond motifs is 5. The topological polar surface area (TPSA) is 73.9 Å². The van der Waals surface area contributed by atoms with Gasteiger partial charge in [0.25, 0.3) is 0 Å². The standard InChI is InChI=1S/C33H32N4O2/c1-5-6-7-14-19-38-33-22(4)28-32(37-39-36-28)25-20(2)21(3)27-31(26(25)33)35-30(24-17-12-9-13-18-24)29(34-27)23-15-10-8-11-16-23/h8-13,15-18H,5-7,14,19H2,1-4H3. The first-order chi connectivity index (χ1) is 19.1. The van der Waals surface area contributed by atoms with Crippen molar-refractivity contribution < 1.29 is 9.37 Å². The molecule has 0 aliphatic rings. The number of aryl methyl sites for hydroxylation is 3. The second-order valence-electron chi connectivity index (χ2n) is 10.2. The molecule has 6 aromatic rings. The summed E-state index contributed by atoms with van der Waals surface area (Å²) in [6, 6.07) is 20.5. The van der Waals surface area contributed by atoms with E-state index in [1.807, 2.05) is 43.3 Å². The predicted molar refractivity (Wildman–Crippen MR) is 157 cm³/mol. The van der Waals surface area contributed by atoms with E-state index < -0.39 is 0 Å². The smallest absolute Gasteiger partial charge is 0.143 e. The number of unbranched alkanes of at least 4 members (excludes halogenated alkanes) is 3. The lowest BCUT2D eigenvalue weighted by molar-refractivity contribution is 0.306. The van der Waals surface area contributed by atoms with Crippen molar-refractivity contribution in [3.8, 4) is 28.3 Å². The zero-order valence-corrected chi connectivity index (χ0v) is 22.9. The summed E-state index contributed by atoms with van der Waals surface area (Å²) in [4.78, 5) is 10.7. The summed E-state index contributed by atoms with van der Waals surface area (Å²) in [6.45, 7) is 9.09. The Kier molecular flexibility index (Phi) is 6.69. The van der Waals surface area contributed by atoms with Crippen LogP contribution in [0.3, 0.4) is 0 Å². The molecule has 0 N–H and O–H groups in total. The van der Waals surface area contributed by atoms with E-state index in [9.17, 15) is 0 Å². The van der Waals surface area contributed by atoms with Gasteiger partial charge < -0.3 is 4.74 Å². The Morgan fingerprint density at radius 1 is 0.615 bits per heavy atom. The minimum atomic E-state index is 0.627. The molecule has 0 spiro atoms. The highest BCUT2D eigenvalue weighted by Gasteiger charge is 2.25. The van der Waals surface area contributed by atoms with Crippen molar-refractivity contribution in [2.24, 2.45) is 0 Å². The van der Waals surface area contributed by atoms with E-state index in [1.54, 1.807) is 0 Å². The van der Waals surface area contributed by atoms with Gasteiger partial charge in [0.15, 0.2) is 0 Å². The van der Waals surface area contributed by atoms with Gasteiger partial charge in [0, 0.05) is 22.1 Å². The highest BCUT2D eigenvalue weighted by molar-refractivity contribution is 6.20. The van der Waals surface area contributed by atoms with Crippen molar-refractivity contribution in [1.29, 1.82) is 0 Å². The first-order valence-corrected chi connectivity index (χ1v) is 13.7. The van der Waals surface area contributed by atoms with Crippen LogP contribution in [0.4, 0.5) is 0 Å². The van der Waals surface area contributed by atoms with Crippen molar-refractivity contribution in [3.05, 3.63) is 77.4 Å². The van der Waals surface area contributed by atoms with E-state index in [4.69, 9.17) is 19.3 Å². The molecule has 0 aliphatic carbocycles. The minimum Gasteiger partial charge on any atom is -0.492 e. The second kappa shape index (κ2) is 10.4. The largest absolute Gasteiger partial charge is 0.492 e. The normalized spacial score (nSPS) is 11.6. The van der Waals surface area contributed by atoms with Crippen LogP contribution in [0.5, 0.6) is 5.75 Å². The Labute approximate surface area is 228 Å². The first kappa shape index (κ1) is 25.0. The van der Waals surface area contributed by atoms with Crippen LogP contribution in [-0.2, 0) is 0 Å². The van der Waals surface area contributed by atoms with Gasteiger partial charge in [0.2, 0.25) is 0 Å². The molecule has 6 rings (SSSR count). The van der Waals surface area contributed by atoms with Gasteiger partial charge in [0.1, 0.15) is 22.3 Å². The Hall–Kier alpha value is -4.32. The third-order valence-electron chi connectivity index (χ3n) is 7.66. The van der Waals surface area contributed by atoms with Crippen molar-refractivity contribution in [1.82, 2.24) is 20.3 Å². The predicted octanol–water partition coefficient (Wildman–Crippen LogP) is 8.54. The Bertz CT molecular complexity index is 1790. The number of hydrogen-bond donors (Lipinski definition) is 0. The second-order valence-corrected chi connectivity index (χ2v) is 10.2. The fourth-order valence-electron chi connectivity index (χ4n) is 5.43. The van der Waals surface area contributed by atoms with Crippen molar-refractivity contribution in [3.63, 3.8) is 0 Å². The number of aromatic nitrogens is 4. The van der Waals surface area contributed by atoms with Gasteiger partial charge in [0.05, 0.1) is 28.9 Å². The number of hydrogen-bond acceptors (Lipinski definition) is 6. The SMILES string of the molecule is CCCCCCOc1c(C)c2nonc2c2c(C)c(C)c3nc(-c4ccccc4)c(-c4ccccc4)nc3c12. The summed E-state index contributed by atoms with van der Waals surface area (Å²) in [5.74, 6) is 0.790. The summed E-state index contributed by atoms with van der Waals surface area (Å²) in [5, 5.41) is 10.5. The van der Waals surface area contributed by atoms with E-state index in [0.717, 1.165) is 90.6 Å². The molecular weight excluding hydrogens is 484 g/mol. The molecule has 0 fully saturated rings. The Balaban J connectivity index is 1.71. The van der Waals surface area contributed by atoms with Crippen molar-refractivity contribution in [2.75, 3.05) is 6.61 Å². The number of benzene rings is 4. The lowest BCUT2D eigenvalue weighted by Gasteiger charge is -2.19. The molecule has 0 aliphatic heterocycles. The van der Waals surface area contributed by atoms with Crippen molar-refractivity contribution >= 4 is 32.8 Å². The average Bonchev–Trinajstić information content (AvgIpc) is 3.47. The molecule has 0 bridgehead atoms. The van der Waals surface area contributed by atoms with Crippen LogP contribution in [0.25, 0.3) is 55.4 Å². The summed E-state index contributed by atoms with van der Waals surface area (Å²) >= 11 is 0. The highest BCUT2D eigenvalue weighted by atomic mass is 16.6. The van der Waals surface area contributed by atoms with Crippen LogP contribution in [0, 0.1) is 20.8 Å². The van der Waals surface area contributed by atoms with Gasteiger partial charge in [-0.15, -0.1) is 0 Å². The number of rotatable bonds is 8. The first-order valence-electron chi connectivity index (χ1n) is 13.7. The molecule has 0 amide bonds. The van der Waals surface area contributed by atoms with Gasteiger partial charge >= 0.3 is 0 Å². The third kappa shape index (κ3) is 4.30. The molecule has 196 valence electrons. The van der Waals surface area contributed by atoms with Crippen molar-refractivity contribution in [2.45, 2.75) is 53.4 Å². The maximum absolute atomic E-state index is 6.56. The van der Waals surface area contributed by atoms with Gasteiger partial charge in [-0.3, -0.25) is 0 Å². The molecule has 2 heterocycles. The molecule has 0 radical (unpaired) electrons. The quantitative estimate of drug-likeness (QED) is 0.149. The molecule has 4 aromatic carbocycles. The summed E-state index contributed by atoms with van der Waals surface area (Å²) in [6.07, 6.45) is 4.51. The van der Waals surface area contributed by atoms with E-state index >= 15 is 0 Å².